The fourth-order valence-electron chi connectivity index (χ4n) is 4.57. The largest absolute Gasteiger partial charge is 0.418 e. The van der Waals surface area contributed by atoms with Crippen LogP contribution in [0.1, 0.15) is 71.2 Å². The topological polar surface area (TPSA) is 108 Å². The average molecular weight is 517 g/mol. The molecular formula is C26H31F3N6O2. The number of hydrogen-bond donors (Lipinski definition) is 4. The second kappa shape index (κ2) is 12.1. The van der Waals surface area contributed by atoms with Gasteiger partial charge in [-0.1, -0.05) is 32.1 Å². The number of hydrogen-bond acceptors (Lipinski definition) is 6. The number of aliphatic imine (C=N–C) groups is 1. The van der Waals surface area contributed by atoms with Crippen molar-refractivity contribution in [1.82, 2.24) is 20.9 Å². The molecular weight excluding hydrogens is 485 g/mol. The van der Waals surface area contributed by atoms with Crippen LogP contribution in [0.5, 0.6) is 0 Å². The molecule has 37 heavy (non-hydrogen) atoms. The first-order valence-electron chi connectivity index (χ1n) is 12.6. The lowest BCUT2D eigenvalue weighted by Crippen LogP contribution is -2.43. The second-order valence-corrected chi connectivity index (χ2v) is 9.33. The van der Waals surface area contributed by atoms with Gasteiger partial charge in [0.25, 0.3) is 11.8 Å². The van der Waals surface area contributed by atoms with Crippen molar-refractivity contribution in [3.63, 3.8) is 0 Å². The average Bonchev–Trinajstić information content (AvgIpc) is 2.89. The molecule has 1 aliphatic carbocycles. The summed E-state index contributed by atoms with van der Waals surface area (Å²) in [6.07, 6.45) is 4.48. The molecule has 0 saturated heterocycles. The van der Waals surface area contributed by atoms with Crippen LogP contribution in [0.4, 0.5) is 24.7 Å². The highest BCUT2D eigenvalue weighted by molar-refractivity contribution is 6.06. The van der Waals surface area contributed by atoms with Crippen molar-refractivity contribution in [2.45, 2.75) is 51.1 Å². The minimum Gasteiger partial charge on any atom is -0.356 e. The number of rotatable bonds is 7. The zero-order chi connectivity index (χ0) is 26.3. The first-order valence-corrected chi connectivity index (χ1v) is 12.6. The van der Waals surface area contributed by atoms with Crippen molar-refractivity contribution in [2.24, 2.45) is 10.9 Å². The third-order valence-electron chi connectivity index (χ3n) is 6.56. The molecule has 198 valence electrons. The number of carbonyl (C=O) groups is 2. The fourth-order valence-corrected chi connectivity index (χ4v) is 4.57. The molecule has 0 radical (unpaired) electrons. The molecule has 2 heterocycles. The standard InChI is InChI=1S/C26H31F3N6O2/c27-26(28,29)20-15-18(24(37)35-25-32-11-4-12-33-25)7-8-21(20)34-22-16-19(10-14-30-22)23(36)31-13-9-17-5-2-1-3-6-17/h7-8,10,14-17H,1-6,9,11-13H2,(H,30,34)(H,31,36)(H2,32,33,35,37). The Kier molecular flexibility index (Phi) is 8.62. The van der Waals surface area contributed by atoms with E-state index in [-0.39, 0.29) is 28.9 Å². The van der Waals surface area contributed by atoms with Gasteiger partial charge in [-0.25, -0.2) is 4.98 Å². The predicted molar refractivity (Wildman–Crippen MR) is 135 cm³/mol. The Morgan fingerprint density at radius 2 is 1.78 bits per heavy atom. The Morgan fingerprint density at radius 3 is 2.51 bits per heavy atom. The van der Waals surface area contributed by atoms with E-state index in [0.29, 0.717) is 31.1 Å². The number of nitrogens with one attached hydrogen (secondary N) is 4. The van der Waals surface area contributed by atoms with Crippen molar-refractivity contribution < 1.29 is 22.8 Å². The zero-order valence-corrected chi connectivity index (χ0v) is 20.5. The van der Waals surface area contributed by atoms with Crippen molar-refractivity contribution in [3.05, 3.63) is 53.2 Å². The normalized spacial score (nSPS) is 16.4. The van der Waals surface area contributed by atoms with Gasteiger partial charge in [0.2, 0.25) is 0 Å². The quantitative estimate of drug-likeness (QED) is 0.430. The number of guanidine groups is 1. The van der Waals surface area contributed by atoms with Gasteiger partial charge in [0.05, 0.1) is 11.3 Å². The lowest BCUT2D eigenvalue weighted by molar-refractivity contribution is -0.136. The maximum atomic E-state index is 13.9. The van der Waals surface area contributed by atoms with E-state index in [1.807, 2.05) is 0 Å². The summed E-state index contributed by atoms with van der Waals surface area (Å²) in [5.41, 5.74) is -1.17. The highest BCUT2D eigenvalue weighted by Crippen LogP contribution is 2.36. The summed E-state index contributed by atoms with van der Waals surface area (Å²) in [5, 5.41) is 10.9. The number of alkyl halides is 3. The molecule has 2 aliphatic rings. The van der Waals surface area contributed by atoms with Gasteiger partial charge in [-0.05, 0) is 49.1 Å². The molecule has 8 nitrogen and oxygen atoms in total. The third-order valence-corrected chi connectivity index (χ3v) is 6.56. The monoisotopic (exact) mass is 516 g/mol. The van der Waals surface area contributed by atoms with Crippen LogP contribution < -0.4 is 21.3 Å². The Bertz CT molecular complexity index is 1150. The number of halogens is 3. The van der Waals surface area contributed by atoms with E-state index in [0.717, 1.165) is 18.9 Å². The van der Waals surface area contributed by atoms with Crippen LogP contribution >= 0.6 is 0 Å². The van der Waals surface area contributed by atoms with E-state index in [1.54, 1.807) is 0 Å². The van der Waals surface area contributed by atoms with Crippen LogP contribution in [-0.2, 0) is 6.18 Å². The van der Waals surface area contributed by atoms with Gasteiger partial charge in [0.1, 0.15) is 5.82 Å². The molecule has 2 aromatic rings. The number of pyridine rings is 1. The molecule has 0 unspecified atom stereocenters. The smallest absolute Gasteiger partial charge is 0.356 e. The van der Waals surface area contributed by atoms with Crippen molar-refractivity contribution in [1.29, 1.82) is 0 Å². The number of anilines is 2. The van der Waals surface area contributed by atoms with Crippen LogP contribution in [-0.4, -0.2) is 42.4 Å². The Balaban J connectivity index is 1.43. The van der Waals surface area contributed by atoms with Gasteiger partial charge in [-0.15, -0.1) is 0 Å². The highest BCUT2D eigenvalue weighted by Gasteiger charge is 2.34. The highest BCUT2D eigenvalue weighted by atomic mass is 19.4. The first kappa shape index (κ1) is 26.4. The summed E-state index contributed by atoms with van der Waals surface area (Å²) in [5.74, 6) is -0.0475. The maximum Gasteiger partial charge on any atom is 0.418 e. The lowest BCUT2D eigenvalue weighted by atomic mass is 9.87. The van der Waals surface area contributed by atoms with Crippen LogP contribution in [0, 0.1) is 5.92 Å². The first-order chi connectivity index (χ1) is 17.8. The molecule has 0 atom stereocenters. The Morgan fingerprint density at radius 1 is 1.00 bits per heavy atom. The molecule has 1 fully saturated rings. The van der Waals surface area contributed by atoms with Gasteiger partial charge in [0.15, 0.2) is 5.96 Å². The second-order valence-electron chi connectivity index (χ2n) is 9.33. The van der Waals surface area contributed by atoms with Gasteiger partial charge in [0, 0.05) is 37.0 Å². The SMILES string of the molecule is O=C(NCCC1CCCCC1)c1ccnc(Nc2ccc(C(=O)NC3=NCCCN3)cc2C(F)(F)F)c1. The molecule has 1 saturated carbocycles. The van der Waals surface area contributed by atoms with Crippen LogP contribution in [0.2, 0.25) is 0 Å². The molecule has 1 aromatic carbocycles. The molecule has 1 aromatic heterocycles. The molecule has 2 amide bonds. The van der Waals surface area contributed by atoms with Gasteiger partial charge in [-0.2, -0.15) is 13.2 Å². The Labute approximate surface area is 213 Å². The molecule has 1 aliphatic heterocycles. The van der Waals surface area contributed by atoms with E-state index < -0.39 is 17.6 Å². The van der Waals surface area contributed by atoms with Crippen LogP contribution in [0.15, 0.2) is 41.5 Å². The zero-order valence-electron chi connectivity index (χ0n) is 20.5. The molecule has 0 spiro atoms. The fraction of sp³-hybridized carbons (Fsp3) is 0.462. The number of nitrogens with zero attached hydrogens (tertiary/aromatic N) is 2. The molecule has 4 N–H and O–H groups in total. The predicted octanol–water partition coefficient (Wildman–Crippen LogP) is 4.62. The summed E-state index contributed by atoms with van der Waals surface area (Å²) >= 11 is 0. The van der Waals surface area contributed by atoms with Gasteiger partial charge < -0.3 is 16.0 Å². The van der Waals surface area contributed by atoms with E-state index >= 15 is 0 Å². The van der Waals surface area contributed by atoms with E-state index in [2.05, 4.69) is 31.2 Å². The molecule has 4 rings (SSSR count). The van der Waals surface area contributed by atoms with Crippen molar-refractivity contribution in [2.75, 3.05) is 25.0 Å². The Hall–Kier alpha value is -3.63. The van der Waals surface area contributed by atoms with E-state index in [4.69, 9.17) is 0 Å². The summed E-state index contributed by atoms with van der Waals surface area (Å²) in [6.45, 7) is 1.71. The van der Waals surface area contributed by atoms with Crippen molar-refractivity contribution >= 4 is 29.3 Å². The van der Waals surface area contributed by atoms with Crippen LogP contribution in [0.25, 0.3) is 0 Å². The third kappa shape index (κ3) is 7.43. The minimum atomic E-state index is -4.73. The summed E-state index contributed by atoms with van der Waals surface area (Å²) in [4.78, 5) is 33.3. The summed E-state index contributed by atoms with van der Waals surface area (Å²) < 4.78 is 41.6. The molecule has 11 heteroatoms. The van der Waals surface area contributed by atoms with E-state index in [9.17, 15) is 22.8 Å². The van der Waals surface area contributed by atoms with Crippen LogP contribution in [0.3, 0.4) is 0 Å². The number of amides is 2. The molecule has 0 bridgehead atoms. The summed E-state index contributed by atoms with van der Waals surface area (Å²) in [7, 11) is 0. The summed E-state index contributed by atoms with van der Waals surface area (Å²) in [6, 6.07) is 6.16. The minimum absolute atomic E-state index is 0.0865. The van der Waals surface area contributed by atoms with Gasteiger partial charge in [-0.3, -0.25) is 19.9 Å². The number of aromatic nitrogens is 1. The number of benzene rings is 1. The number of carbonyl (C=O) groups excluding carboxylic acids is 2. The van der Waals surface area contributed by atoms with Gasteiger partial charge >= 0.3 is 6.18 Å². The lowest BCUT2D eigenvalue weighted by Gasteiger charge is -2.21. The van der Waals surface area contributed by atoms with E-state index in [1.165, 1.54) is 62.6 Å². The van der Waals surface area contributed by atoms with Crippen molar-refractivity contribution in [3.8, 4) is 0 Å². The maximum absolute atomic E-state index is 13.9.